The number of likely N-dealkylation sites (tertiary alicyclic amines) is 1. The second-order valence-electron chi connectivity index (χ2n) is 7.25. The lowest BCUT2D eigenvalue weighted by atomic mass is 9.80. The van der Waals surface area contributed by atoms with E-state index in [0.717, 1.165) is 25.3 Å². The summed E-state index contributed by atoms with van der Waals surface area (Å²) in [6.45, 7) is 14.8. The highest BCUT2D eigenvalue weighted by molar-refractivity contribution is 4.91. The molecule has 0 N–H and O–H groups in total. The quantitative estimate of drug-likeness (QED) is 0.744. The van der Waals surface area contributed by atoms with Gasteiger partial charge in [-0.3, -0.25) is 0 Å². The maximum Gasteiger partial charge on any atom is 0.0683 e. The second-order valence-corrected chi connectivity index (χ2v) is 7.25. The number of hydrogen-bond donors (Lipinski definition) is 0. The summed E-state index contributed by atoms with van der Waals surface area (Å²) in [5, 5.41) is 8.97. The van der Waals surface area contributed by atoms with E-state index in [4.69, 9.17) is 5.26 Å². The monoisotopic (exact) mass is 236 g/mol. The molecule has 0 spiro atoms. The molecule has 0 aromatic heterocycles. The lowest BCUT2D eigenvalue weighted by Crippen LogP contribution is -2.27. The molecule has 2 heteroatoms. The van der Waals surface area contributed by atoms with Gasteiger partial charge in [0, 0.05) is 6.54 Å². The van der Waals surface area contributed by atoms with Crippen LogP contribution in [-0.4, -0.2) is 24.5 Å². The van der Waals surface area contributed by atoms with Crippen LogP contribution in [0, 0.1) is 28.1 Å². The van der Waals surface area contributed by atoms with E-state index in [1.165, 1.54) is 19.5 Å². The molecule has 1 atom stereocenters. The van der Waals surface area contributed by atoms with Crippen LogP contribution in [-0.2, 0) is 0 Å². The van der Waals surface area contributed by atoms with Crippen molar-refractivity contribution in [1.29, 1.82) is 5.26 Å². The molecule has 0 aromatic carbocycles. The molecule has 1 unspecified atom stereocenters. The van der Waals surface area contributed by atoms with Crippen molar-refractivity contribution in [3.8, 4) is 6.07 Å². The predicted molar refractivity (Wildman–Crippen MR) is 72.6 cm³/mol. The maximum atomic E-state index is 8.97. The van der Waals surface area contributed by atoms with Gasteiger partial charge in [-0.2, -0.15) is 5.26 Å². The third-order valence-corrected chi connectivity index (χ3v) is 4.08. The van der Waals surface area contributed by atoms with Gasteiger partial charge in [0.25, 0.3) is 0 Å². The molecule has 1 fully saturated rings. The minimum Gasteiger partial charge on any atom is -0.303 e. The van der Waals surface area contributed by atoms with Gasteiger partial charge in [-0.1, -0.05) is 20.8 Å². The van der Waals surface area contributed by atoms with Gasteiger partial charge in [0.1, 0.15) is 0 Å². The Morgan fingerprint density at radius 1 is 1.24 bits per heavy atom. The molecule has 1 rings (SSSR count). The van der Waals surface area contributed by atoms with Crippen LogP contribution in [0.15, 0.2) is 0 Å². The first-order valence-electron chi connectivity index (χ1n) is 6.88. The number of nitrogens with zero attached hydrogens (tertiary/aromatic N) is 2. The molecule has 1 heterocycles. The number of hydrogen-bond acceptors (Lipinski definition) is 2. The highest BCUT2D eigenvalue weighted by atomic mass is 15.1. The molecule has 17 heavy (non-hydrogen) atoms. The number of rotatable bonds is 4. The average molecular weight is 236 g/mol. The van der Waals surface area contributed by atoms with Crippen LogP contribution >= 0.6 is 0 Å². The Morgan fingerprint density at radius 3 is 2.35 bits per heavy atom. The summed E-state index contributed by atoms with van der Waals surface area (Å²) < 4.78 is 0. The van der Waals surface area contributed by atoms with Crippen molar-refractivity contribution in [1.82, 2.24) is 4.90 Å². The highest BCUT2D eigenvalue weighted by Crippen LogP contribution is 2.33. The first kappa shape index (κ1) is 14.5. The van der Waals surface area contributed by atoms with Gasteiger partial charge in [0.15, 0.2) is 0 Å². The fraction of sp³-hybridized carbons (Fsp3) is 0.933. The van der Waals surface area contributed by atoms with Gasteiger partial charge < -0.3 is 4.90 Å². The fourth-order valence-corrected chi connectivity index (χ4v) is 2.54. The minimum atomic E-state index is -0.150. The van der Waals surface area contributed by atoms with Gasteiger partial charge in [-0.15, -0.1) is 0 Å². The van der Waals surface area contributed by atoms with Gasteiger partial charge >= 0.3 is 0 Å². The molecule has 0 saturated carbocycles. The van der Waals surface area contributed by atoms with E-state index in [2.05, 4.69) is 31.7 Å². The molecule has 0 amide bonds. The van der Waals surface area contributed by atoms with Crippen molar-refractivity contribution in [2.45, 2.75) is 53.9 Å². The molecule has 1 aliphatic heterocycles. The van der Waals surface area contributed by atoms with Gasteiger partial charge in [0.2, 0.25) is 0 Å². The summed E-state index contributed by atoms with van der Waals surface area (Å²) in [4.78, 5) is 2.57. The van der Waals surface area contributed by atoms with Crippen molar-refractivity contribution >= 4 is 0 Å². The zero-order valence-corrected chi connectivity index (χ0v) is 12.2. The summed E-state index contributed by atoms with van der Waals surface area (Å²) in [6.07, 6.45) is 3.50. The summed E-state index contributed by atoms with van der Waals surface area (Å²) in [5.74, 6) is 0.839. The van der Waals surface area contributed by atoms with E-state index < -0.39 is 0 Å². The predicted octanol–water partition coefficient (Wildman–Crippen LogP) is 3.68. The Morgan fingerprint density at radius 2 is 1.88 bits per heavy atom. The minimum absolute atomic E-state index is 0.150. The van der Waals surface area contributed by atoms with Gasteiger partial charge in [-0.25, -0.2) is 0 Å². The molecular weight excluding hydrogens is 208 g/mol. The maximum absolute atomic E-state index is 8.97. The third-order valence-electron chi connectivity index (χ3n) is 4.08. The molecular formula is C15H28N2. The third kappa shape index (κ3) is 4.68. The van der Waals surface area contributed by atoms with Gasteiger partial charge in [0.05, 0.1) is 11.5 Å². The van der Waals surface area contributed by atoms with Crippen LogP contribution in [0.5, 0.6) is 0 Å². The van der Waals surface area contributed by atoms with E-state index in [9.17, 15) is 0 Å². The van der Waals surface area contributed by atoms with Crippen molar-refractivity contribution in [2.75, 3.05) is 19.6 Å². The lowest BCUT2D eigenvalue weighted by molar-refractivity contribution is 0.224. The normalized spacial score (nSPS) is 22.7. The Bertz CT molecular complexity index is 280. The number of nitriles is 1. The fourth-order valence-electron chi connectivity index (χ4n) is 2.54. The van der Waals surface area contributed by atoms with Crippen molar-refractivity contribution in [3.63, 3.8) is 0 Å². The van der Waals surface area contributed by atoms with E-state index in [-0.39, 0.29) is 5.41 Å². The molecule has 0 aromatic rings. The molecule has 98 valence electrons. The van der Waals surface area contributed by atoms with Gasteiger partial charge in [-0.05, 0) is 57.5 Å². The Labute approximate surface area is 107 Å². The largest absolute Gasteiger partial charge is 0.303 e. The molecule has 0 radical (unpaired) electrons. The summed E-state index contributed by atoms with van der Waals surface area (Å²) >= 11 is 0. The SMILES string of the molecule is CC(C)(C#N)CCCN1CCC(C(C)(C)C)C1. The van der Waals surface area contributed by atoms with Crippen LogP contribution in [0.1, 0.15) is 53.9 Å². The summed E-state index contributed by atoms with van der Waals surface area (Å²) in [6, 6.07) is 2.38. The standard InChI is InChI=1S/C15H28N2/c1-14(2,3)13-7-10-17(11-13)9-6-8-15(4,5)12-16/h13H,6-11H2,1-5H3. The summed E-state index contributed by atoms with van der Waals surface area (Å²) in [5.41, 5.74) is 0.295. The Hall–Kier alpha value is -0.550. The average Bonchev–Trinajstić information content (AvgIpc) is 2.66. The molecule has 2 nitrogen and oxygen atoms in total. The van der Waals surface area contributed by atoms with E-state index in [1.54, 1.807) is 0 Å². The summed E-state index contributed by atoms with van der Waals surface area (Å²) in [7, 11) is 0. The molecule has 0 aliphatic carbocycles. The first-order chi connectivity index (χ1) is 7.74. The second kappa shape index (κ2) is 5.40. The van der Waals surface area contributed by atoms with E-state index >= 15 is 0 Å². The molecule has 0 bridgehead atoms. The Balaban J connectivity index is 2.26. The van der Waals surface area contributed by atoms with Crippen molar-refractivity contribution < 1.29 is 0 Å². The zero-order chi connectivity index (χ0) is 13.1. The zero-order valence-electron chi connectivity index (χ0n) is 12.2. The van der Waals surface area contributed by atoms with Crippen LogP contribution in [0.25, 0.3) is 0 Å². The van der Waals surface area contributed by atoms with Crippen molar-refractivity contribution in [2.24, 2.45) is 16.7 Å². The van der Waals surface area contributed by atoms with E-state index in [0.29, 0.717) is 5.41 Å². The first-order valence-corrected chi connectivity index (χ1v) is 6.88. The van der Waals surface area contributed by atoms with Crippen LogP contribution in [0.3, 0.4) is 0 Å². The topological polar surface area (TPSA) is 27.0 Å². The molecule has 1 saturated heterocycles. The van der Waals surface area contributed by atoms with E-state index in [1.807, 2.05) is 13.8 Å². The van der Waals surface area contributed by atoms with Crippen molar-refractivity contribution in [3.05, 3.63) is 0 Å². The Kier molecular flexibility index (Phi) is 4.61. The van der Waals surface area contributed by atoms with Crippen LogP contribution in [0.4, 0.5) is 0 Å². The molecule has 1 aliphatic rings. The van der Waals surface area contributed by atoms with Crippen LogP contribution < -0.4 is 0 Å². The lowest BCUT2D eigenvalue weighted by Gasteiger charge is -2.27. The van der Waals surface area contributed by atoms with Crippen LogP contribution in [0.2, 0.25) is 0 Å². The smallest absolute Gasteiger partial charge is 0.0683 e. The highest BCUT2D eigenvalue weighted by Gasteiger charge is 2.31.